The zero-order chi connectivity index (χ0) is 17.2. The van der Waals surface area contributed by atoms with Crippen LogP contribution in [0.4, 0.5) is 5.69 Å². The van der Waals surface area contributed by atoms with E-state index in [0.717, 1.165) is 74.4 Å². The Bertz CT molecular complexity index is 630. The van der Waals surface area contributed by atoms with E-state index in [0.29, 0.717) is 6.61 Å². The van der Waals surface area contributed by atoms with Crippen LogP contribution in [0.25, 0.3) is 0 Å². The Hall–Kier alpha value is -1.17. The number of anilines is 1. The number of nitrogens with one attached hydrogen (secondary N) is 1. The fraction of sp³-hybridized carbons (Fsp3) is 0.650. The molecule has 2 saturated heterocycles. The van der Waals surface area contributed by atoms with Gasteiger partial charge >= 0.3 is 0 Å². The van der Waals surface area contributed by atoms with Gasteiger partial charge in [0.25, 0.3) is 5.91 Å². The standard InChI is InChI=1S/C20H29N3O2.2ClH/c1-22-12-13-25-19-14-17(2-3-18(19)22)20(24)23-10-6-16(7-11-23)15-4-8-21-9-5-15;;/h2-3,14-16,21H,4-13H2,1H3;2*1H. The second-order valence-electron chi connectivity index (χ2n) is 7.67. The van der Waals surface area contributed by atoms with E-state index in [1.54, 1.807) is 0 Å². The van der Waals surface area contributed by atoms with E-state index < -0.39 is 0 Å². The average Bonchev–Trinajstić information content (AvgIpc) is 2.68. The van der Waals surface area contributed by atoms with E-state index in [9.17, 15) is 4.79 Å². The second kappa shape index (κ2) is 9.85. The summed E-state index contributed by atoms with van der Waals surface area (Å²) in [7, 11) is 2.06. The number of carbonyl (C=O) groups is 1. The number of fused-ring (bicyclic) bond motifs is 1. The number of hydrogen-bond donors (Lipinski definition) is 1. The fourth-order valence-electron chi connectivity index (χ4n) is 4.56. The molecule has 0 radical (unpaired) electrons. The molecule has 1 amide bonds. The van der Waals surface area contributed by atoms with E-state index in [2.05, 4.69) is 17.3 Å². The summed E-state index contributed by atoms with van der Waals surface area (Å²) in [5.41, 5.74) is 1.83. The molecule has 0 saturated carbocycles. The summed E-state index contributed by atoms with van der Waals surface area (Å²) in [5.74, 6) is 2.64. The van der Waals surface area contributed by atoms with Gasteiger partial charge in [-0.3, -0.25) is 4.79 Å². The summed E-state index contributed by atoms with van der Waals surface area (Å²) >= 11 is 0. The third-order valence-electron chi connectivity index (χ3n) is 6.18. The fourth-order valence-corrected chi connectivity index (χ4v) is 4.56. The molecule has 152 valence electrons. The van der Waals surface area contributed by atoms with Crippen LogP contribution in [0.1, 0.15) is 36.0 Å². The molecule has 0 atom stereocenters. The third-order valence-corrected chi connectivity index (χ3v) is 6.18. The number of piperidine rings is 2. The van der Waals surface area contributed by atoms with Gasteiger partial charge in [0.05, 0.1) is 12.2 Å². The SMILES string of the molecule is CN1CCOc2cc(C(=O)N3CCC(C4CCNCC4)CC3)ccc21.Cl.Cl. The Kier molecular flexibility index (Phi) is 8.07. The molecule has 3 aliphatic heterocycles. The van der Waals surface area contributed by atoms with Gasteiger partial charge < -0.3 is 19.9 Å². The van der Waals surface area contributed by atoms with Crippen LogP contribution < -0.4 is 15.0 Å². The molecule has 5 nitrogen and oxygen atoms in total. The summed E-state index contributed by atoms with van der Waals surface area (Å²) in [6, 6.07) is 5.89. The Morgan fingerprint density at radius 1 is 1.04 bits per heavy atom. The number of benzene rings is 1. The highest BCUT2D eigenvalue weighted by molar-refractivity contribution is 5.95. The van der Waals surface area contributed by atoms with Crippen molar-refractivity contribution in [3.8, 4) is 5.75 Å². The van der Waals surface area contributed by atoms with E-state index in [4.69, 9.17) is 4.74 Å². The number of hydrogen-bond acceptors (Lipinski definition) is 4. The van der Waals surface area contributed by atoms with Crippen molar-refractivity contribution in [2.24, 2.45) is 11.8 Å². The molecule has 0 unspecified atom stereocenters. The van der Waals surface area contributed by atoms with Gasteiger partial charge in [-0.25, -0.2) is 0 Å². The Morgan fingerprint density at radius 3 is 2.41 bits per heavy atom. The van der Waals surface area contributed by atoms with E-state index in [1.807, 2.05) is 23.1 Å². The highest BCUT2D eigenvalue weighted by Gasteiger charge is 2.30. The van der Waals surface area contributed by atoms with Crippen molar-refractivity contribution in [2.75, 3.05) is 51.3 Å². The molecule has 0 aromatic heterocycles. The maximum Gasteiger partial charge on any atom is 0.253 e. The smallest absolute Gasteiger partial charge is 0.253 e. The highest BCUT2D eigenvalue weighted by Crippen LogP contribution is 2.34. The van der Waals surface area contributed by atoms with Crippen molar-refractivity contribution in [3.63, 3.8) is 0 Å². The van der Waals surface area contributed by atoms with Crippen LogP contribution in [0.15, 0.2) is 18.2 Å². The Labute approximate surface area is 174 Å². The van der Waals surface area contributed by atoms with Crippen molar-refractivity contribution in [2.45, 2.75) is 25.7 Å². The molecule has 4 rings (SSSR count). The minimum atomic E-state index is 0. The zero-order valence-electron chi connectivity index (χ0n) is 16.0. The Morgan fingerprint density at radius 2 is 1.70 bits per heavy atom. The number of amides is 1. The monoisotopic (exact) mass is 415 g/mol. The molecule has 0 aliphatic carbocycles. The van der Waals surface area contributed by atoms with Gasteiger partial charge in [0.15, 0.2) is 0 Å². The number of rotatable bonds is 2. The number of nitrogens with zero attached hydrogens (tertiary/aromatic N) is 2. The van der Waals surface area contributed by atoms with Gasteiger partial charge in [-0.05, 0) is 68.8 Å². The van der Waals surface area contributed by atoms with Crippen LogP contribution in [-0.2, 0) is 0 Å². The van der Waals surface area contributed by atoms with Crippen LogP contribution in [-0.4, -0.2) is 57.2 Å². The van der Waals surface area contributed by atoms with Gasteiger partial charge in [-0.1, -0.05) is 0 Å². The first-order chi connectivity index (χ1) is 12.2. The minimum Gasteiger partial charge on any atom is -0.490 e. The number of likely N-dealkylation sites (tertiary alicyclic amines) is 1. The summed E-state index contributed by atoms with van der Waals surface area (Å²) < 4.78 is 5.75. The quantitative estimate of drug-likeness (QED) is 0.804. The largest absolute Gasteiger partial charge is 0.490 e. The van der Waals surface area contributed by atoms with Crippen molar-refractivity contribution in [3.05, 3.63) is 23.8 Å². The Balaban J connectivity index is 0.00000131. The number of likely N-dealkylation sites (N-methyl/N-ethyl adjacent to an activating group) is 1. The van der Waals surface area contributed by atoms with Crippen LogP contribution in [0.5, 0.6) is 5.75 Å². The van der Waals surface area contributed by atoms with Gasteiger partial charge in [-0.15, -0.1) is 24.8 Å². The van der Waals surface area contributed by atoms with Crippen LogP contribution in [0.2, 0.25) is 0 Å². The molecule has 3 heterocycles. The summed E-state index contributed by atoms with van der Waals surface area (Å²) in [5, 5.41) is 3.45. The first kappa shape index (κ1) is 22.1. The van der Waals surface area contributed by atoms with Gasteiger partial charge in [-0.2, -0.15) is 0 Å². The lowest BCUT2D eigenvalue weighted by molar-refractivity contribution is 0.0641. The highest BCUT2D eigenvalue weighted by atomic mass is 35.5. The summed E-state index contributed by atoms with van der Waals surface area (Å²) in [6.45, 7) is 5.69. The maximum atomic E-state index is 12.9. The lowest BCUT2D eigenvalue weighted by Crippen LogP contribution is -2.42. The molecular formula is C20H31Cl2N3O2. The van der Waals surface area contributed by atoms with Gasteiger partial charge in [0, 0.05) is 25.7 Å². The summed E-state index contributed by atoms with van der Waals surface area (Å²) in [4.78, 5) is 17.1. The van der Waals surface area contributed by atoms with Crippen molar-refractivity contribution < 1.29 is 9.53 Å². The normalized spacial score (nSPS) is 20.8. The van der Waals surface area contributed by atoms with E-state index in [-0.39, 0.29) is 30.7 Å². The number of halogens is 2. The molecular weight excluding hydrogens is 385 g/mol. The topological polar surface area (TPSA) is 44.8 Å². The van der Waals surface area contributed by atoms with Crippen molar-refractivity contribution >= 4 is 36.4 Å². The lowest BCUT2D eigenvalue weighted by atomic mass is 9.79. The number of ether oxygens (including phenoxy) is 1. The van der Waals surface area contributed by atoms with Crippen molar-refractivity contribution in [1.29, 1.82) is 0 Å². The predicted molar refractivity (Wildman–Crippen MR) is 114 cm³/mol. The first-order valence-corrected chi connectivity index (χ1v) is 9.70. The molecule has 2 fully saturated rings. The number of carbonyl (C=O) groups excluding carboxylic acids is 1. The van der Waals surface area contributed by atoms with E-state index >= 15 is 0 Å². The first-order valence-electron chi connectivity index (χ1n) is 9.70. The summed E-state index contributed by atoms with van der Waals surface area (Å²) in [6.07, 6.45) is 4.91. The molecule has 3 aliphatic rings. The maximum absolute atomic E-state index is 12.9. The molecule has 0 spiro atoms. The minimum absolute atomic E-state index is 0. The molecule has 1 aromatic carbocycles. The van der Waals surface area contributed by atoms with Crippen LogP contribution >= 0.6 is 24.8 Å². The average molecular weight is 416 g/mol. The molecule has 0 bridgehead atoms. The van der Waals surface area contributed by atoms with Crippen LogP contribution in [0.3, 0.4) is 0 Å². The predicted octanol–water partition coefficient (Wildman–Crippen LogP) is 3.21. The van der Waals surface area contributed by atoms with Gasteiger partial charge in [0.2, 0.25) is 0 Å². The van der Waals surface area contributed by atoms with Crippen molar-refractivity contribution in [1.82, 2.24) is 10.2 Å². The second-order valence-corrected chi connectivity index (χ2v) is 7.67. The molecule has 1 aromatic rings. The third kappa shape index (κ3) is 4.82. The molecule has 1 N–H and O–H groups in total. The lowest BCUT2D eigenvalue weighted by Gasteiger charge is -2.38. The molecule has 7 heteroatoms. The van der Waals surface area contributed by atoms with E-state index in [1.165, 1.54) is 12.8 Å². The molecule has 27 heavy (non-hydrogen) atoms. The van der Waals surface area contributed by atoms with Crippen LogP contribution in [0, 0.1) is 11.8 Å². The zero-order valence-corrected chi connectivity index (χ0v) is 17.6. The van der Waals surface area contributed by atoms with Gasteiger partial charge in [0.1, 0.15) is 12.4 Å².